The van der Waals surface area contributed by atoms with Gasteiger partial charge in [0.25, 0.3) is 5.91 Å². The summed E-state index contributed by atoms with van der Waals surface area (Å²) in [5.74, 6) is -0.286. The third kappa shape index (κ3) is 5.26. The first-order chi connectivity index (χ1) is 11.6. The first kappa shape index (κ1) is 17.8. The molecule has 0 heterocycles. The van der Waals surface area contributed by atoms with Crippen LogP contribution in [0.15, 0.2) is 48.5 Å². The molecule has 0 unspecified atom stereocenters. The van der Waals surface area contributed by atoms with Gasteiger partial charge in [0.2, 0.25) is 0 Å². The topological polar surface area (TPSA) is 79.5 Å². The van der Waals surface area contributed by atoms with Gasteiger partial charge in [0.1, 0.15) is 0 Å². The Bertz CT molecular complexity index is 722. The minimum atomic E-state index is -0.464. The summed E-state index contributed by atoms with van der Waals surface area (Å²) >= 11 is 5.88. The number of amides is 3. The number of carbonyl (C=O) groups is 2. The van der Waals surface area contributed by atoms with E-state index in [1.807, 2.05) is 0 Å². The fourth-order valence-corrected chi connectivity index (χ4v) is 2.19. The second-order valence-electron chi connectivity index (χ2n) is 4.88. The summed E-state index contributed by atoms with van der Waals surface area (Å²) in [5.41, 5.74) is 1.34. The van der Waals surface area contributed by atoms with E-state index in [2.05, 4.69) is 16.0 Å². The van der Waals surface area contributed by atoms with E-state index >= 15 is 0 Å². The van der Waals surface area contributed by atoms with Gasteiger partial charge in [0.15, 0.2) is 0 Å². The number of carbonyl (C=O) groups excluding carboxylic acids is 2. The zero-order valence-electron chi connectivity index (χ0n) is 13.1. The van der Waals surface area contributed by atoms with Crippen molar-refractivity contribution in [2.75, 3.05) is 30.9 Å². The standard InChI is InChI=1S/C17H18ClN3O3/c1-24-10-9-19-16(22)14-7-2-3-8-15(14)21-17(23)20-13-6-4-5-12(18)11-13/h2-8,11H,9-10H2,1H3,(H,19,22)(H2,20,21,23). The Morgan fingerprint density at radius 2 is 1.88 bits per heavy atom. The van der Waals surface area contributed by atoms with Crippen molar-refractivity contribution in [2.24, 2.45) is 0 Å². The number of nitrogens with one attached hydrogen (secondary N) is 3. The summed E-state index contributed by atoms with van der Waals surface area (Å²) in [6.07, 6.45) is 0. The van der Waals surface area contributed by atoms with Crippen molar-refractivity contribution in [1.82, 2.24) is 5.32 Å². The molecular formula is C17H18ClN3O3. The van der Waals surface area contributed by atoms with Crippen molar-refractivity contribution in [1.29, 1.82) is 0 Å². The summed E-state index contributed by atoms with van der Waals surface area (Å²) in [7, 11) is 1.56. The number of hydrogen-bond donors (Lipinski definition) is 3. The van der Waals surface area contributed by atoms with E-state index in [0.29, 0.717) is 35.1 Å². The van der Waals surface area contributed by atoms with Crippen LogP contribution in [0.4, 0.5) is 16.2 Å². The molecule has 0 saturated heterocycles. The van der Waals surface area contributed by atoms with Gasteiger partial charge < -0.3 is 20.7 Å². The summed E-state index contributed by atoms with van der Waals surface area (Å²) in [5, 5.41) is 8.56. The molecule has 0 aliphatic heterocycles. The zero-order valence-corrected chi connectivity index (χ0v) is 13.9. The first-order valence-electron chi connectivity index (χ1n) is 7.30. The van der Waals surface area contributed by atoms with E-state index in [4.69, 9.17) is 16.3 Å². The van der Waals surface area contributed by atoms with Gasteiger partial charge in [-0.3, -0.25) is 4.79 Å². The Balaban J connectivity index is 2.03. The van der Waals surface area contributed by atoms with E-state index in [0.717, 1.165) is 0 Å². The lowest BCUT2D eigenvalue weighted by atomic mass is 10.1. The predicted octanol–water partition coefficient (Wildman–Crippen LogP) is 3.36. The van der Waals surface area contributed by atoms with Crippen LogP contribution >= 0.6 is 11.6 Å². The monoisotopic (exact) mass is 347 g/mol. The molecule has 24 heavy (non-hydrogen) atoms. The highest BCUT2D eigenvalue weighted by molar-refractivity contribution is 6.30. The summed E-state index contributed by atoms with van der Waals surface area (Å²) in [6, 6.07) is 13.1. The van der Waals surface area contributed by atoms with E-state index in [-0.39, 0.29) is 5.91 Å². The van der Waals surface area contributed by atoms with Crippen LogP contribution in [0.5, 0.6) is 0 Å². The van der Waals surface area contributed by atoms with Crippen LogP contribution in [0.3, 0.4) is 0 Å². The van der Waals surface area contributed by atoms with Crippen LogP contribution in [-0.4, -0.2) is 32.2 Å². The molecule has 0 radical (unpaired) electrons. The van der Waals surface area contributed by atoms with Crippen LogP contribution in [0, 0.1) is 0 Å². The van der Waals surface area contributed by atoms with Crippen molar-refractivity contribution >= 4 is 34.9 Å². The number of benzene rings is 2. The smallest absolute Gasteiger partial charge is 0.323 e. The quantitative estimate of drug-likeness (QED) is 0.701. The fourth-order valence-electron chi connectivity index (χ4n) is 2.00. The molecule has 0 aliphatic carbocycles. The molecule has 2 rings (SSSR count). The predicted molar refractivity (Wildman–Crippen MR) is 94.7 cm³/mol. The molecule has 0 atom stereocenters. The molecule has 2 aromatic rings. The molecule has 0 spiro atoms. The number of ether oxygens (including phenoxy) is 1. The SMILES string of the molecule is COCCNC(=O)c1ccccc1NC(=O)Nc1cccc(Cl)c1. The molecule has 126 valence electrons. The van der Waals surface area contributed by atoms with E-state index < -0.39 is 6.03 Å². The Morgan fingerprint density at radius 1 is 1.08 bits per heavy atom. The number of urea groups is 1. The van der Waals surface area contributed by atoms with Gasteiger partial charge in [-0.15, -0.1) is 0 Å². The maximum absolute atomic E-state index is 12.2. The molecule has 3 N–H and O–H groups in total. The molecule has 6 nitrogen and oxygen atoms in total. The highest BCUT2D eigenvalue weighted by atomic mass is 35.5. The minimum absolute atomic E-state index is 0.286. The van der Waals surface area contributed by atoms with Crippen molar-refractivity contribution in [3.8, 4) is 0 Å². The maximum atomic E-state index is 12.2. The first-order valence-corrected chi connectivity index (χ1v) is 7.67. The number of para-hydroxylation sites is 1. The molecule has 2 aromatic carbocycles. The van der Waals surface area contributed by atoms with Gasteiger partial charge in [0.05, 0.1) is 17.9 Å². The fraction of sp³-hybridized carbons (Fsp3) is 0.176. The van der Waals surface area contributed by atoms with E-state index in [1.165, 1.54) is 0 Å². The normalized spacial score (nSPS) is 10.1. The van der Waals surface area contributed by atoms with Crippen molar-refractivity contribution in [3.05, 3.63) is 59.1 Å². The van der Waals surface area contributed by atoms with Crippen molar-refractivity contribution in [2.45, 2.75) is 0 Å². The molecule has 0 fully saturated rings. The Morgan fingerprint density at radius 3 is 2.62 bits per heavy atom. The highest BCUT2D eigenvalue weighted by Gasteiger charge is 2.12. The molecule has 0 bridgehead atoms. The molecular weight excluding hydrogens is 330 g/mol. The number of rotatable bonds is 6. The van der Waals surface area contributed by atoms with Crippen LogP contribution < -0.4 is 16.0 Å². The van der Waals surface area contributed by atoms with E-state index in [1.54, 1.807) is 55.6 Å². The van der Waals surface area contributed by atoms with Crippen LogP contribution in [0.25, 0.3) is 0 Å². The van der Waals surface area contributed by atoms with Gasteiger partial charge in [-0.1, -0.05) is 29.8 Å². The van der Waals surface area contributed by atoms with Crippen LogP contribution in [-0.2, 0) is 4.74 Å². The highest BCUT2D eigenvalue weighted by Crippen LogP contribution is 2.17. The van der Waals surface area contributed by atoms with Crippen molar-refractivity contribution < 1.29 is 14.3 Å². The largest absolute Gasteiger partial charge is 0.383 e. The lowest BCUT2D eigenvalue weighted by Crippen LogP contribution is -2.28. The lowest BCUT2D eigenvalue weighted by Gasteiger charge is -2.12. The maximum Gasteiger partial charge on any atom is 0.323 e. The zero-order chi connectivity index (χ0) is 17.4. The Kier molecular flexibility index (Phi) is 6.60. The van der Waals surface area contributed by atoms with Gasteiger partial charge in [0, 0.05) is 24.4 Å². The number of methoxy groups -OCH3 is 1. The van der Waals surface area contributed by atoms with Gasteiger partial charge in [-0.05, 0) is 30.3 Å². The molecule has 7 heteroatoms. The lowest BCUT2D eigenvalue weighted by molar-refractivity contribution is 0.0938. The van der Waals surface area contributed by atoms with Gasteiger partial charge >= 0.3 is 6.03 Å². The summed E-state index contributed by atoms with van der Waals surface area (Å²) < 4.78 is 4.89. The molecule has 0 aliphatic rings. The van der Waals surface area contributed by atoms with E-state index in [9.17, 15) is 9.59 Å². The minimum Gasteiger partial charge on any atom is -0.383 e. The second-order valence-corrected chi connectivity index (χ2v) is 5.32. The van der Waals surface area contributed by atoms with Crippen LogP contribution in [0.2, 0.25) is 5.02 Å². The van der Waals surface area contributed by atoms with Gasteiger partial charge in [-0.25, -0.2) is 4.79 Å². The second kappa shape index (κ2) is 8.90. The van der Waals surface area contributed by atoms with Gasteiger partial charge in [-0.2, -0.15) is 0 Å². The van der Waals surface area contributed by atoms with Crippen LogP contribution in [0.1, 0.15) is 10.4 Å². The molecule has 3 amide bonds. The number of hydrogen-bond acceptors (Lipinski definition) is 3. The number of anilines is 2. The molecule has 0 aromatic heterocycles. The average Bonchev–Trinajstić information content (AvgIpc) is 2.55. The summed E-state index contributed by atoms with van der Waals surface area (Å²) in [4.78, 5) is 24.3. The third-order valence-corrected chi connectivity index (χ3v) is 3.33. The Labute approximate surface area is 145 Å². The number of halogens is 1. The average molecular weight is 348 g/mol. The Hall–Kier alpha value is -2.57. The summed E-state index contributed by atoms with van der Waals surface area (Å²) in [6.45, 7) is 0.801. The third-order valence-electron chi connectivity index (χ3n) is 3.09. The molecule has 0 saturated carbocycles. The van der Waals surface area contributed by atoms with Crippen molar-refractivity contribution in [3.63, 3.8) is 0 Å².